The van der Waals surface area contributed by atoms with Crippen molar-refractivity contribution >= 4 is 35.2 Å². The molecular formula is C26H21ClN4O6. The number of hydrogen-bond donors (Lipinski definition) is 2. The van der Waals surface area contributed by atoms with Gasteiger partial charge in [-0.15, -0.1) is 0 Å². The molecule has 0 unspecified atom stereocenters. The molecule has 2 aromatic carbocycles. The number of aromatic nitrogens is 3. The van der Waals surface area contributed by atoms with E-state index in [1.807, 2.05) is 0 Å². The van der Waals surface area contributed by atoms with Crippen LogP contribution in [0, 0.1) is 0 Å². The smallest absolute Gasteiger partial charge is 0.354 e. The molecule has 0 fully saturated rings. The van der Waals surface area contributed by atoms with Crippen molar-refractivity contribution in [3.05, 3.63) is 105 Å². The maximum absolute atomic E-state index is 13.2. The molecule has 11 heteroatoms. The number of aromatic carboxylic acids is 1. The molecule has 2 aromatic heterocycles. The highest BCUT2D eigenvalue weighted by atomic mass is 35.5. The fourth-order valence-electron chi connectivity index (χ4n) is 3.31. The molecule has 0 atom stereocenters. The Kier molecular flexibility index (Phi) is 7.80. The standard InChI is InChI=1S/C26H21ClN4O6/c1-2-36-25(35)20-14-28-26(31(23(20)32)15-16-6-8-17(27)9-7-16)29-18-10-12-19(13-11-18)37-22-5-3-4-21(30-22)24(33)34/h3-14H,2,15H2,1H3,(H,28,29)(H,33,34). The number of nitrogens with one attached hydrogen (secondary N) is 1. The van der Waals surface area contributed by atoms with Crippen molar-refractivity contribution < 1.29 is 24.2 Å². The van der Waals surface area contributed by atoms with Crippen LogP contribution in [0.15, 0.2) is 77.7 Å². The topological polar surface area (TPSA) is 133 Å². The van der Waals surface area contributed by atoms with Crippen LogP contribution in [0.3, 0.4) is 0 Å². The summed E-state index contributed by atoms with van der Waals surface area (Å²) in [6.45, 7) is 1.91. The van der Waals surface area contributed by atoms with Crippen LogP contribution < -0.4 is 15.6 Å². The summed E-state index contributed by atoms with van der Waals surface area (Å²) in [5, 5.41) is 12.7. The number of ether oxygens (including phenoxy) is 2. The Labute approximate surface area is 216 Å². The predicted molar refractivity (Wildman–Crippen MR) is 136 cm³/mol. The van der Waals surface area contributed by atoms with E-state index in [-0.39, 0.29) is 36.2 Å². The summed E-state index contributed by atoms with van der Waals surface area (Å²) >= 11 is 5.98. The van der Waals surface area contributed by atoms with Gasteiger partial charge in [0.05, 0.1) is 19.3 Å². The van der Waals surface area contributed by atoms with Gasteiger partial charge in [0.1, 0.15) is 11.3 Å². The van der Waals surface area contributed by atoms with Gasteiger partial charge in [-0.25, -0.2) is 19.6 Å². The minimum absolute atomic E-state index is 0.125. The number of carbonyl (C=O) groups is 2. The van der Waals surface area contributed by atoms with E-state index in [1.165, 1.54) is 22.9 Å². The van der Waals surface area contributed by atoms with E-state index in [0.717, 1.165) is 5.56 Å². The average molecular weight is 521 g/mol. The number of carboxylic acids is 1. The SMILES string of the molecule is CCOC(=O)c1cnc(Nc2ccc(Oc3cccc(C(=O)O)n3)cc2)n(Cc2ccc(Cl)cc2)c1=O. The highest BCUT2D eigenvalue weighted by Crippen LogP contribution is 2.23. The first kappa shape index (κ1) is 25.4. The lowest BCUT2D eigenvalue weighted by Gasteiger charge is -2.15. The Bertz CT molecular complexity index is 1490. The first-order valence-electron chi connectivity index (χ1n) is 11.1. The first-order chi connectivity index (χ1) is 17.8. The van der Waals surface area contributed by atoms with Gasteiger partial charge >= 0.3 is 11.9 Å². The van der Waals surface area contributed by atoms with E-state index in [1.54, 1.807) is 61.5 Å². The van der Waals surface area contributed by atoms with Gasteiger partial charge in [0.2, 0.25) is 11.8 Å². The first-order valence-corrected chi connectivity index (χ1v) is 11.5. The normalized spacial score (nSPS) is 10.5. The van der Waals surface area contributed by atoms with Crippen molar-refractivity contribution in [1.82, 2.24) is 14.5 Å². The van der Waals surface area contributed by atoms with Crippen molar-refractivity contribution in [2.45, 2.75) is 13.5 Å². The summed E-state index contributed by atoms with van der Waals surface area (Å²) in [5.41, 5.74) is 0.487. The second-order valence-corrected chi connectivity index (χ2v) is 8.09. The average Bonchev–Trinajstić information content (AvgIpc) is 2.89. The van der Waals surface area contributed by atoms with Crippen LogP contribution in [0.2, 0.25) is 5.02 Å². The molecule has 0 amide bonds. The molecule has 188 valence electrons. The summed E-state index contributed by atoms with van der Waals surface area (Å²) in [7, 11) is 0. The van der Waals surface area contributed by atoms with E-state index in [0.29, 0.717) is 16.5 Å². The van der Waals surface area contributed by atoms with Gasteiger partial charge in [0, 0.05) is 16.8 Å². The fraction of sp³-hybridized carbons (Fsp3) is 0.115. The number of carbonyl (C=O) groups excluding carboxylic acids is 1. The summed E-state index contributed by atoms with van der Waals surface area (Å²) < 4.78 is 12.0. The second kappa shape index (κ2) is 11.4. The number of hydrogen-bond acceptors (Lipinski definition) is 8. The van der Waals surface area contributed by atoms with E-state index in [9.17, 15) is 14.4 Å². The molecule has 0 aliphatic carbocycles. The van der Waals surface area contributed by atoms with Crippen LogP contribution in [0.1, 0.15) is 33.3 Å². The summed E-state index contributed by atoms with van der Waals surface area (Å²) in [4.78, 5) is 44.8. The Morgan fingerprint density at radius 2 is 1.78 bits per heavy atom. The number of rotatable bonds is 9. The fourth-order valence-corrected chi connectivity index (χ4v) is 3.43. The monoisotopic (exact) mass is 520 g/mol. The van der Waals surface area contributed by atoms with Crippen LogP contribution >= 0.6 is 11.6 Å². The Hall–Kier alpha value is -4.70. The van der Waals surface area contributed by atoms with Crippen LogP contribution in [-0.2, 0) is 11.3 Å². The van der Waals surface area contributed by atoms with E-state index in [2.05, 4.69) is 15.3 Å². The quantitative estimate of drug-likeness (QED) is 0.300. The second-order valence-electron chi connectivity index (χ2n) is 7.65. The molecule has 0 aliphatic heterocycles. The maximum Gasteiger partial charge on any atom is 0.354 e. The number of halogens is 1. The largest absolute Gasteiger partial charge is 0.477 e. The molecule has 0 bridgehead atoms. The zero-order chi connectivity index (χ0) is 26.4. The number of anilines is 2. The number of benzene rings is 2. The van der Waals surface area contributed by atoms with E-state index < -0.39 is 17.5 Å². The lowest BCUT2D eigenvalue weighted by Crippen LogP contribution is -2.30. The van der Waals surface area contributed by atoms with Crippen molar-refractivity contribution in [2.24, 2.45) is 0 Å². The predicted octanol–water partition coefficient (Wildman–Crippen LogP) is 4.75. The minimum atomic E-state index is -1.16. The maximum atomic E-state index is 13.2. The molecule has 37 heavy (non-hydrogen) atoms. The van der Waals surface area contributed by atoms with Crippen LogP contribution in [0.4, 0.5) is 11.6 Å². The van der Waals surface area contributed by atoms with Gasteiger partial charge in [-0.3, -0.25) is 9.36 Å². The van der Waals surface area contributed by atoms with Crippen molar-refractivity contribution in [1.29, 1.82) is 0 Å². The molecule has 0 spiro atoms. The van der Waals surface area contributed by atoms with Crippen LogP contribution in [0.5, 0.6) is 11.6 Å². The van der Waals surface area contributed by atoms with Gasteiger partial charge in [-0.2, -0.15) is 0 Å². The molecular weight excluding hydrogens is 500 g/mol. The highest BCUT2D eigenvalue weighted by molar-refractivity contribution is 6.30. The number of carboxylic acid groups (broad SMARTS) is 1. The molecule has 0 radical (unpaired) electrons. The van der Waals surface area contributed by atoms with Crippen LogP contribution in [0.25, 0.3) is 0 Å². The van der Waals surface area contributed by atoms with Crippen molar-refractivity contribution in [2.75, 3.05) is 11.9 Å². The summed E-state index contributed by atoms with van der Waals surface area (Å²) in [5.74, 6) is -1.15. The van der Waals surface area contributed by atoms with E-state index in [4.69, 9.17) is 26.2 Å². The number of esters is 1. The van der Waals surface area contributed by atoms with E-state index >= 15 is 0 Å². The molecule has 2 heterocycles. The lowest BCUT2D eigenvalue weighted by atomic mass is 10.2. The number of nitrogens with zero attached hydrogens (tertiary/aromatic N) is 3. The van der Waals surface area contributed by atoms with Gasteiger partial charge < -0.3 is 19.9 Å². The van der Waals surface area contributed by atoms with Gasteiger partial charge in [0.25, 0.3) is 5.56 Å². The molecule has 10 nitrogen and oxygen atoms in total. The molecule has 4 rings (SSSR count). The molecule has 4 aromatic rings. The highest BCUT2D eigenvalue weighted by Gasteiger charge is 2.18. The lowest BCUT2D eigenvalue weighted by molar-refractivity contribution is 0.0522. The molecule has 0 aliphatic rings. The zero-order valence-electron chi connectivity index (χ0n) is 19.6. The number of pyridine rings is 1. The third kappa shape index (κ3) is 6.30. The van der Waals surface area contributed by atoms with Crippen LogP contribution in [-0.4, -0.2) is 38.2 Å². The van der Waals surface area contributed by atoms with Crippen molar-refractivity contribution in [3.63, 3.8) is 0 Å². The van der Waals surface area contributed by atoms with Crippen molar-refractivity contribution in [3.8, 4) is 11.6 Å². The Balaban J connectivity index is 1.59. The molecule has 2 N–H and O–H groups in total. The Morgan fingerprint density at radius 1 is 1.05 bits per heavy atom. The Morgan fingerprint density at radius 3 is 2.46 bits per heavy atom. The molecule has 0 saturated heterocycles. The van der Waals surface area contributed by atoms with Gasteiger partial charge in [0.15, 0.2) is 5.69 Å². The third-order valence-corrected chi connectivity index (χ3v) is 5.32. The minimum Gasteiger partial charge on any atom is -0.477 e. The zero-order valence-corrected chi connectivity index (χ0v) is 20.3. The van der Waals surface area contributed by atoms with Gasteiger partial charge in [-0.05, 0) is 55.0 Å². The molecule has 0 saturated carbocycles. The summed E-state index contributed by atoms with van der Waals surface area (Å²) in [6.07, 6.45) is 1.18. The van der Waals surface area contributed by atoms with Gasteiger partial charge in [-0.1, -0.05) is 29.8 Å². The third-order valence-electron chi connectivity index (χ3n) is 5.07. The summed E-state index contributed by atoms with van der Waals surface area (Å²) in [6, 6.07) is 18.1.